The maximum absolute atomic E-state index is 15.3. The third kappa shape index (κ3) is 5.80. The fourth-order valence-corrected chi connectivity index (χ4v) is 9.14. The van der Waals surface area contributed by atoms with E-state index in [0.29, 0.717) is 28.1 Å². The van der Waals surface area contributed by atoms with Gasteiger partial charge in [-0.1, -0.05) is 72.8 Å². The zero-order chi connectivity index (χ0) is 41.7. The summed E-state index contributed by atoms with van der Waals surface area (Å²) in [7, 11) is 0. The van der Waals surface area contributed by atoms with Crippen molar-refractivity contribution in [2.75, 3.05) is 0 Å². The number of aryl methyl sites for hydroxylation is 4. The van der Waals surface area contributed by atoms with Crippen molar-refractivity contribution in [2.24, 2.45) is 0 Å². The molecule has 7 aromatic carbocycles. The molecule has 0 bridgehead atoms. The van der Waals surface area contributed by atoms with Gasteiger partial charge in [-0.2, -0.15) is 18.4 Å². The van der Waals surface area contributed by atoms with Crippen LogP contribution in [0.1, 0.15) is 50.1 Å². The van der Waals surface area contributed by atoms with Crippen molar-refractivity contribution >= 4 is 49.3 Å². The standard InChI is InChI=1S/C52H39F3N4/c1-28-9-15-37-38-16-10-29(2)22-45(38)58(44(37)21-28)48-25-35(50-33(6)32(5)43(27-56)34(7)51(50)52(53,54)55)13-19-41(48)42-20-14-36(57-8)26-49(42)59-46-23-30(3)11-17-39(46)40-18-12-31(4)24-47(40)59/h9-26H,1-7H3. The second kappa shape index (κ2) is 13.5. The number of nitriles is 1. The van der Waals surface area contributed by atoms with E-state index in [1.165, 1.54) is 6.92 Å². The highest BCUT2D eigenvalue weighted by molar-refractivity contribution is 6.12. The Morgan fingerprint density at radius 1 is 0.525 bits per heavy atom. The van der Waals surface area contributed by atoms with Crippen molar-refractivity contribution in [3.05, 3.63) is 171 Å². The Morgan fingerprint density at radius 2 is 0.949 bits per heavy atom. The molecule has 0 N–H and O–H groups in total. The van der Waals surface area contributed by atoms with Crippen LogP contribution >= 0.6 is 0 Å². The second-order valence-corrected chi connectivity index (χ2v) is 15.9. The minimum Gasteiger partial charge on any atom is -0.310 e. The maximum atomic E-state index is 15.3. The molecule has 59 heavy (non-hydrogen) atoms. The number of alkyl halides is 3. The maximum Gasteiger partial charge on any atom is 0.417 e. The van der Waals surface area contributed by atoms with Gasteiger partial charge in [-0.25, -0.2) is 4.85 Å². The van der Waals surface area contributed by atoms with Crippen molar-refractivity contribution in [1.29, 1.82) is 5.26 Å². The molecule has 0 saturated carbocycles. The smallest absolute Gasteiger partial charge is 0.310 e. The summed E-state index contributed by atoms with van der Waals surface area (Å²) in [6, 6.07) is 38.8. The molecule has 288 valence electrons. The quantitative estimate of drug-likeness (QED) is 0.164. The van der Waals surface area contributed by atoms with Crippen LogP contribution in [0.3, 0.4) is 0 Å². The molecular weight excluding hydrogens is 738 g/mol. The average Bonchev–Trinajstić information content (AvgIpc) is 3.68. The lowest BCUT2D eigenvalue weighted by Crippen LogP contribution is -2.14. The lowest BCUT2D eigenvalue weighted by molar-refractivity contribution is -0.137. The summed E-state index contributed by atoms with van der Waals surface area (Å²) in [5.74, 6) is 0. The SMILES string of the molecule is [C-]#[N+]c1ccc(-c2ccc(-c3c(C)c(C)c(C#N)c(C)c3C(F)(F)F)cc2-n2c3cc(C)ccc3c3ccc(C)cc32)c(-n2c3cc(C)ccc3c3ccc(C)cc32)c1. The third-order valence-corrected chi connectivity index (χ3v) is 12.0. The minimum atomic E-state index is -4.72. The summed E-state index contributed by atoms with van der Waals surface area (Å²) in [6.45, 7) is 21.1. The van der Waals surface area contributed by atoms with Crippen molar-refractivity contribution < 1.29 is 13.2 Å². The number of rotatable bonds is 4. The van der Waals surface area contributed by atoms with Gasteiger partial charge in [-0.15, -0.1) is 0 Å². The summed E-state index contributed by atoms with van der Waals surface area (Å²) in [4.78, 5) is 3.87. The lowest BCUT2D eigenvalue weighted by atomic mass is 9.84. The Bertz CT molecular complexity index is 3240. The molecular formula is C52H39F3N4. The Balaban J connectivity index is 1.47. The molecule has 0 aliphatic carbocycles. The number of halogens is 3. The van der Waals surface area contributed by atoms with E-state index in [2.05, 4.69) is 101 Å². The molecule has 2 heterocycles. The first-order valence-corrected chi connectivity index (χ1v) is 19.5. The van der Waals surface area contributed by atoms with Crippen LogP contribution < -0.4 is 0 Å². The van der Waals surface area contributed by atoms with Gasteiger partial charge in [0.2, 0.25) is 0 Å². The van der Waals surface area contributed by atoms with E-state index >= 15 is 13.2 Å². The Hall–Kier alpha value is -7.09. The molecule has 9 rings (SSSR count). The number of hydrogen-bond acceptors (Lipinski definition) is 1. The predicted octanol–water partition coefficient (Wildman–Crippen LogP) is 14.8. The van der Waals surface area contributed by atoms with Gasteiger partial charge in [0.15, 0.2) is 5.69 Å². The highest BCUT2D eigenvalue weighted by Gasteiger charge is 2.38. The number of benzene rings is 7. The molecule has 2 aromatic heterocycles. The van der Waals surface area contributed by atoms with Gasteiger partial charge in [-0.3, -0.25) is 0 Å². The topological polar surface area (TPSA) is 38.0 Å². The number of aromatic nitrogens is 2. The molecule has 0 saturated heterocycles. The summed E-state index contributed by atoms with van der Waals surface area (Å²) < 4.78 is 50.3. The van der Waals surface area contributed by atoms with Crippen molar-refractivity contribution in [2.45, 2.75) is 54.6 Å². The normalized spacial score (nSPS) is 11.9. The van der Waals surface area contributed by atoms with Gasteiger partial charge in [-0.05, 0) is 135 Å². The van der Waals surface area contributed by atoms with Gasteiger partial charge >= 0.3 is 6.18 Å². The summed E-state index contributed by atoms with van der Waals surface area (Å²) in [5, 5.41) is 14.2. The van der Waals surface area contributed by atoms with Crippen LogP contribution in [0.15, 0.2) is 109 Å². The molecule has 9 aromatic rings. The second-order valence-electron chi connectivity index (χ2n) is 15.9. The van der Waals surface area contributed by atoms with E-state index in [0.717, 1.165) is 82.7 Å². The molecule has 0 unspecified atom stereocenters. The van der Waals surface area contributed by atoms with Crippen molar-refractivity contribution in [3.63, 3.8) is 0 Å². The van der Waals surface area contributed by atoms with Crippen molar-refractivity contribution in [1.82, 2.24) is 9.13 Å². The van der Waals surface area contributed by atoms with Gasteiger partial charge in [0.05, 0.1) is 51.5 Å². The Labute approximate surface area is 340 Å². The summed E-state index contributed by atoms with van der Waals surface area (Å²) in [5.41, 5.74) is 12.2. The van der Waals surface area contributed by atoms with Gasteiger partial charge in [0.1, 0.15) is 0 Å². The first-order valence-electron chi connectivity index (χ1n) is 19.5. The van der Waals surface area contributed by atoms with Gasteiger partial charge in [0.25, 0.3) is 0 Å². The number of nitrogens with zero attached hydrogens (tertiary/aromatic N) is 4. The number of fused-ring (bicyclic) bond motifs is 6. The number of hydrogen-bond donors (Lipinski definition) is 0. The highest BCUT2D eigenvalue weighted by atomic mass is 19.4. The van der Waals surface area contributed by atoms with E-state index < -0.39 is 11.7 Å². The fourth-order valence-electron chi connectivity index (χ4n) is 9.14. The van der Waals surface area contributed by atoms with E-state index in [1.54, 1.807) is 19.9 Å². The molecule has 0 aliphatic rings. The molecule has 0 radical (unpaired) electrons. The third-order valence-electron chi connectivity index (χ3n) is 12.0. The summed E-state index contributed by atoms with van der Waals surface area (Å²) >= 11 is 0. The van der Waals surface area contributed by atoms with Crippen LogP contribution in [0, 0.1) is 66.4 Å². The monoisotopic (exact) mass is 776 g/mol. The van der Waals surface area contributed by atoms with Crippen LogP contribution in [0.2, 0.25) is 0 Å². The molecule has 4 nitrogen and oxygen atoms in total. The Kier molecular flexibility index (Phi) is 8.58. The zero-order valence-electron chi connectivity index (χ0n) is 33.8. The van der Waals surface area contributed by atoms with E-state index in [-0.39, 0.29) is 16.7 Å². The fraction of sp³-hybridized carbons (Fsp3) is 0.154. The first-order chi connectivity index (χ1) is 28.2. The molecule has 0 atom stereocenters. The van der Waals surface area contributed by atoms with Crippen LogP contribution in [0.4, 0.5) is 18.9 Å². The van der Waals surface area contributed by atoms with E-state index in [4.69, 9.17) is 6.57 Å². The zero-order valence-corrected chi connectivity index (χ0v) is 33.8. The molecule has 0 fully saturated rings. The van der Waals surface area contributed by atoms with E-state index in [1.807, 2.05) is 50.2 Å². The van der Waals surface area contributed by atoms with Crippen molar-refractivity contribution in [3.8, 4) is 39.7 Å². The summed E-state index contributed by atoms with van der Waals surface area (Å²) in [6.07, 6.45) is -4.72. The minimum absolute atomic E-state index is 0.0463. The predicted molar refractivity (Wildman–Crippen MR) is 235 cm³/mol. The van der Waals surface area contributed by atoms with Crippen LogP contribution in [-0.2, 0) is 6.18 Å². The molecule has 7 heteroatoms. The first kappa shape index (κ1) is 37.5. The average molecular weight is 777 g/mol. The molecule has 0 amide bonds. The van der Waals surface area contributed by atoms with Crippen LogP contribution in [-0.4, -0.2) is 9.13 Å². The molecule has 0 spiro atoms. The van der Waals surface area contributed by atoms with Crippen LogP contribution in [0.5, 0.6) is 0 Å². The van der Waals surface area contributed by atoms with Crippen LogP contribution in [0.25, 0.3) is 82.1 Å². The van der Waals surface area contributed by atoms with Gasteiger partial charge in [0, 0.05) is 38.4 Å². The van der Waals surface area contributed by atoms with E-state index in [9.17, 15) is 5.26 Å². The van der Waals surface area contributed by atoms with Gasteiger partial charge < -0.3 is 9.13 Å². The lowest BCUT2D eigenvalue weighted by Gasteiger charge is -2.24. The highest BCUT2D eigenvalue weighted by Crippen LogP contribution is 2.47. The largest absolute Gasteiger partial charge is 0.417 e. The Morgan fingerprint density at radius 3 is 1.36 bits per heavy atom. The molecule has 0 aliphatic heterocycles.